The van der Waals surface area contributed by atoms with Gasteiger partial charge in [-0.1, -0.05) is 0 Å². The van der Waals surface area contributed by atoms with Crippen LogP contribution in [0.4, 0.5) is 0 Å². The van der Waals surface area contributed by atoms with E-state index in [2.05, 4.69) is 25.0 Å². The standard InChI is InChI=1S/C18H37NO8Si/c1-28(2,3)27-16-15-26-14-13-25-12-11-24-10-9-23-8-4-7-19-17(20)5-6-18(21)22/h4-16H2,1-3H3,(H,19,20)(H,21,22). The van der Waals surface area contributed by atoms with Gasteiger partial charge in [-0.15, -0.1) is 0 Å². The Morgan fingerprint density at radius 1 is 0.750 bits per heavy atom. The lowest BCUT2D eigenvalue weighted by Crippen LogP contribution is -2.27. The van der Waals surface area contributed by atoms with Crippen molar-refractivity contribution in [1.82, 2.24) is 5.32 Å². The molecule has 0 rings (SSSR count). The summed E-state index contributed by atoms with van der Waals surface area (Å²) in [6, 6.07) is 0. The summed E-state index contributed by atoms with van der Waals surface area (Å²) in [4.78, 5) is 21.6. The van der Waals surface area contributed by atoms with Gasteiger partial charge in [0.1, 0.15) is 0 Å². The molecular formula is C18H37NO8Si. The lowest BCUT2D eigenvalue weighted by atomic mass is 10.3. The van der Waals surface area contributed by atoms with Gasteiger partial charge in [-0.2, -0.15) is 0 Å². The van der Waals surface area contributed by atoms with Gasteiger partial charge in [-0.25, -0.2) is 0 Å². The zero-order chi connectivity index (χ0) is 21.1. The molecule has 0 aromatic carbocycles. The molecule has 166 valence electrons. The molecule has 0 aliphatic rings. The third-order valence-electron chi connectivity index (χ3n) is 3.23. The van der Waals surface area contributed by atoms with Crippen molar-refractivity contribution >= 4 is 20.2 Å². The summed E-state index contributed by atoms with van der Waals surface area (Å²) >= 11 is 0. The zero-order valence-corrected chi connectivity index (χ0v) is 18.5. The van der Waals surface area contributed by atoms with Crippen LogP contribution >= 0.6 is 0 Å². The summed E-state index contributed by atoms with van der Waals surface area (Å²) in [6.07, 6.45) is 0.528. The Labute approximate surface area is 169 Å². The lowest BCUT2D eigenvalue weighted by Gasteiger charge is -2.16. The molecule has 0 aromatic heterocycles. The third-order valence-corrected chi connectivity index (χ3v) is 4.30. The number of carboxylic acids is 1. The van der Waals surface area contributed by atoms with Gasteiger partial charge < -0.3 is 33.8 Å². The second-order valence-electron chi connectivity index (χ2n) is 7.01. The molecule has 2 N–H and O–H groups in total. The summed E-state index contributed by atoms with van der Waals surface area (Å²) in [7, 11) is -1.45. The molecule has 0 saturated heterocycles. The number of carbonyl (C=O) groups excluding carboxylic acids is 1. The molecule has 28 heavy (non-hydrogen) atoms. The van der Waals surface area contributed by atoms with E-state index in [0.717, 1.165) is 0 Å². The highest BCUT2D eigenvalue weighted by molar-refractivity contribution is 6.69. The molecule has 0 atom stereocenters. The van der Waals surface area contributed by atoms with Gasteiger partial charge in [0.25, 0.3) is 0 Å². The first-order valence-electron chi connectivity index (χ1n) is 9.74. The minimum atomic E-state index is -1.45. The first-order valence-corrected chi connectivity index (χ1v) is 13.2. The van der Waals surface area contributed by atoms with Crippen molar-refractivity contribution in [3.8, 4) is 0 Å². The minimum Gasteiger partial charge on any atom is -0.481 e. The van der Waals surface area contributed by atoms with Crippen LogP contribution in [0.25, 0.3) is 0 Å². The monoisotopic (exact) mass is 423 g/mol. The molecule has 0 bridgehead atoms. The van der Waals surface area contributed by atoms with E-state index in [9.17, 15) is 9.59 Å². The van der Waals surface area contributed by atoms with Crippen LogP contribution in [-0.2, 0) is 33.0 Å². The average Bonchev–Trinajstić information content (AvgIpc) is 2.61. The topological polar surface area (TPSA) is 113 Å². The lowest BCUT2D eigenvalue weighted by molar-refractivity contribution is -0.138. The van der Waals surface area contributed by atoms with Crippen molar-refractivity contribution in [2.45, 2.75) is 38.9 Å². The predicted molar refractivity (Wildman–Crippen MR) is 107 cm³/mol. The Morgan fingerprint density at radius 3 is 1.68 bits per heavy atom. The number of ether oxygens (including phenoxy) is 4. The van der Waals surface area contributed by atoms with Gasteiger partial charge in [0.05, 0.1) is 59.3 Å². The van der Waals surface area contributed by atoms with Gasteiger partial charge in [-0.3, -0.25) is 9.59 Å². The van der Waals surface area contributed by atoms with Crippen molar-refractivity contribution in [2.75, 3.05) is 66.0 Å². The van der Waals surface area contributed by atoms with E-state index in [4.69, 9.17) is 28.5 Å². The Kier molecular flexibility index (Phi) is 17.3. The minimum absolute atomic E-state index is 0.00520. The van der Waals surface area contributed by atoms with Crippen molar-refractivity contribution in [3.05, 3.63) is 0 Å². The largest absolute Gasteiger partial charge is 0.481 e. The van der Waals surface area contributed by atoms with Crippen molar-refractivity contribution in [1.29, 1.82) is 0 Å². The summed E-state index contributed by atoms with van der Waals surface area (Å²) in [5.41, 5.74) is 0. The molecular weight excluding hydrogens is 386 g/mol. The van der Waals surface area contributed by atoms with E-state index in [1.807, 2.05) is 0 Å². The van der Waals surface area contributed by atoms with E-state index in [1.165, 1.54) is 0 Å². The SMILES string of the molecule is C[Si](C)(C)OCCOCCOCCOCCOCCCNC(=O)CCC(=O)O. The molecule has 0 aliphatic heterocycles. The number of rotatable bonds is 20. The maximum atomic E-state index is 11.3. The normalized spacial score (nSPS) is 11.5. The number of carboxylic acid groups (broad SMARTS) is 1. The highest BCUT2D eigenvalue weighted by atomic mass is 28.4. The molecule has 0 fully saturated rings. The third kappa shape index (κ3) is 23.0. The van der Waals surface area contributed by atoms with Gasteiger partial charge >= 0.3 is 5.97 Å². The second kappa shape index (κ2) is 18.0. The van der Waals surface area contributed by atoms with Crippen LogP contribution in [0, 0.1) is 0 Å². The van der Waals surface area contributed by atoms with E-state index in [1.54, 1.807) is 0 Å². The maximum absolute atomic E-state index is 11.3. The number of hydrogen-bond donors (Lipinski definition) is 2. The number of hydrogen-bond acceptors (Lipinski definition) is 7. The number of nitrogens with one attached hydrogen (secondary N) is 1. The summed E-state index contributed by atoms with van der Waals surface area (Å²) in [5.74, 6) is -1.23. The van der Waals surface area contributed by atoms with E-state index >= 15 is 0 Å². The molecule has 9 nitrogen and oxygen atoms in total. The molecule has 0 radical (unpaired) electrons. The number of carbonyl (C=O) groups is 2. The first kappa shape index (κ1) is 27.0. The van der Waals surface area contributed by atoms with Crippen LogP contribution in [0.2, 0.25) is 19.6 Å². The Morgan fingerprint density at radius 2 is 1.21 bits per heavy atom. The average molecular weight is 424 g/mol. The Balaban J connectivity index is 3.14. The smallest absolute Gasteiger partial charge is 0.303 e. The van der Waals surface area contributed by atoms with Crippen LogP contribution in [0.3, 0.4) is 0 Å². The predicted octanol–water partition coefficient (Wildman–Crippen LogP) is 1.28. The first-order chi connectivity index (χ1) is 13.3. The molecule has 0 saturated carbocycles. The summed E-state index contributed by atoms with van der Waals surface area (Å²) in [6.45, 7) is 11.7. The molecule has 0 aliphatic carbocycles. The van der Waals surface area contributed by atoms with Gasteiger partial charge in [0, 0.05) is 19.6 Å². The maximum Gasteiger partial charge on any atom is 0.303 e. The molecule has 1 amide bonds. The van der Waals surface area contributed by atoms with Crippen molar-refractivity contribution < 1.29 is 38.1 Å². The van der Waals surface area contributed by atoms with Crippen LogP contribution in [0.5, 0.6) is 0 Å². The fourth-order valence-corrected chi connectivity index (χ4v) is 2.58. The Hall–Kier alpha value is -1.04. The quantitative estimate of drug-likeness (QED) is 0.222. The van der Waals surface area contributed by atoms with Crippen LogP contribution < -0.4 is 5.32 Å². The molecule has 0 spiro atoms. The number of amides is 1. The van der Waals surface area contributed by atoms with Crippen LogP contribution in [0.1, 0.15) is 19.3 Å². The highest BCUT2D eigenvalue weighted by Crippen LogP contribution is 2.01. The second-order valence-corrected chi connectivity index (χ2v) is 11.5. The van der Waals surface area contributed by atoms with Crippen LogP contribution in [-0.4, -0.2) is 91.3 Å². The van der Waals surface area contributed by atoms with Crippen molar-refractivity contribution in [2.24, 2.45) is 0 Å². The van der Waals surface area contributed by atoms with Gasteiger partial charge in [0.15, 0.2) is 8.32 Å². The van der Waals surface area contributed by atoms with Gasteiger partial charge in [-0.05, 0) is 26.1 Å². The van der Waals surface area contributed by atoms with E-state index < -0.39 is 14.3 Å². The Bertz CT molecular complexity index is 404. The molecule has 0 heterocycles. The molecule has 10 heteroatoms. The summed E-state index contributed by atoms with van der Waals surface area (Å²) < 4.78 is 27.3. The van der Waals surface area contributed by atoms with Gasteiger partial charge in [0.2, 0.25) is 5.91 Å². The van der Waals surface area contributed by atoms with Crippen LogP contribution in [0.15, 0.2) is 0 Å². The number of aliphatic carboxylic acids is 1. The highest BCUT2D eigenvalue weighted by Gasteiger charge is 2.13. The fraction of sp³-hybridized carbons (Fsp3) is 0.889. The zero-order valence-electron chi connectivity index (χ0n) is 17.5. The molecule has 0 aromatic rings. The fourth-order valence-electron chi connectivity index (χ4n) is 1.88. The van der Waals surface area contributed by atoms with E-state index in [-0.39, 0.29) is 18.7 Å². The van der Waals surface area contributed by atoms with E-state index in [0.29, 0.717) is 72.4 Å². The molecule has 0 unspecified atom stereocenters. The summed E-state index contributed by atoms with van der Waals surface area (Å²) in [5, 5.41) is 11.1. The van der Waals surface area contributed by atoms with Crippen molar-refractivity contribution in [3.63, 3.8) is 0 Å².